The lowest BCUT2D eigenvalue weighted by atomic mass is 9.85. The summed E-state index contributed by atoms with van der Waals surface area (Å²) in [4.78, 5) is 6.53. The largest absolute Gasteiger partial charge is 0.356 e. The highest BCUT2D eigenvalue weighted by Gasteiger charge is 2.18. The average molecular weight is 455 g/mol. The zero-order valence-corrected chi connectivity index (χ0v) is 16.3. The third-order valence-electron chi connectivity index (χ3n) is 3.82. The molecule has 1 N–H and O–H groups in total. The fourth-order valence-corrected chi connectivity index (χ4v) is 2.93. The second kappa shape index (κ2) is 8.26. The van der Waals surface area contributed by atoms with Crippen LogP contribution in [0.5, 0.6) is 0 Å². The summed E-state index contributed by atoms with van der Waals surface area (Å²) in [6, 6.07) is 2.15. The van der Waals surface area contributed by atoms with E-state index in [2.05, 4.69) is 62.1 Å². The van der Waals surface area contributed by atoms with E-state index in [1.165, 1.54) is 25.0 Å². The Balaban J connectivity index is 0.00000200. The Hall–Kier alpha value is -0.240. The first-order chi connectivity index (χ1) is 9.10. The zero-order valence-electron chi connectivity index (χ0n) is 12.4. The summed E-state index contributed by atoms with van der Waals surface area (Å²) in [5.41, 5.74) is 1.26. The molecule has 0 aromatic carbocycles. The Morgan fingerprint density at radius 1 is 1.55 bits per heavy atom. The standard InChI is InChI=1S/C14H23BrN4.HI/c1-16-14(17-8-11-5-4-6-11)19(3)10-13-7-12(15)9-18(13)2;/h7,9,11H,4-6,8,10H2,1-3H3,(H,16,17);1H. The lowest BCUT2D eigenvalue weighted by Gasteiger charge is -2.28. The third-order valence-corrected chi connectivity index (χ3v) is 4.25. The number of hydrogen-bond donors (Lipinski definition) is 1. The molecule has 0 amide bonds. The van der Waals surface area contributed by atoms with Crippen LogP contribution in [0, 0.1) is 5.92 Å². The number of halogens is 2. The molecule has 6 heteroatoms. The van der Waals surface area contributed by atoms with Crippen LogP contribution in [0.3, 0.4) is 0 Å². The van der Waals surface area contributed by atoms with Crippen molar-refractivity contribution in [2.45, 2.75) is 25.8 Å². The van der Waals surface area contributed by atoms with E-state index in [-0.39, 0.29) is 24.0 Å². The Morgan fingerprint density at radius 2 is 2.25 bits per heavy atom. The number of aromatic nitrogens is 1. The minimum absolute atomic E-state index is 0. The quantitative estimate of drug-likeness (QED) is 0.430. The van der Waals surface area contributed by atoms with Crippen molar-refractivity contribution in [3.63, 3.8) is 0 Å². The van der Waals surface area contributed by atoms with Crippen LogP contribution in [0.15, 0.2) is 21.7 Å². The topological polar surface area (TPSA) is 32.6 Å². The summed E-state index contributed by atoms with van der Waals surface area (Å²) < 4.78 is 3.26. The lowest BCUT2D eigenvalue weighted by molar-refractivity contribution is 0.310. The first kappa shape index (κ1) is 17.8. The molecule has 2 rings (SSSR count). The number of rotatable bonds is 4. The summed E-state index contributed by atoms with van der Waals surface area (Å²) in [5, 5.41) is 3.47. The molecule has 20 heavy (non-hydrogen) atoms. The van der Waals surface area contributed by atoms with E-state index in [1.807, 2.05) is 7.05 Å². The Morgan fingerprint density at radius 3 is 2.70 bits per heavy atom. The molecule has 0 unspecified atom stereocenters. The fourth-order valence-electron chi connectivity index (χ4n) is 2.36. The van der Waals surface area contributed by atoms with Gasteiger partial charge in [-0.15, -0.1) is 24.0 Å². The molecule has 1 fully saturated rings. The summed E-state index contributed by atoms with van der Waals surface area (Å²) >= 11 is 3.51. The van der Waals surface area contributed by atoms with Crippen LogP contribution < -0.4 is 5.32 Å². The zero-order chi connectivity index (χ0) is 13.8. The summed E-state index contributed by atoms with van der Waals surface area (Å²) in [7, 11) is 6.00. The molecule has 0 atom stereocenters. The van der Waals surface area contributed by atoms with Crippen molar-refractivity contribution in [1.29, 1.82) is 0 Å². The molecule has 4 nitrogen and oxygen atoms in total. The number of nitrogens with one attached hydrogen (secondary N) is 1. The van der Waals surface area contributed by atoms with E-state index in [0.29, 0.717) is 0 Å². The van der Waals surface area contributed by atoms with E-state index in [9.17, 15) is 0 Å². The van der Waals surface area contributed by atoms with E-state index in [0.717, 1.165) is 29.4 Å². The predicted molar refractivity (Wildman–Crippen MR) is 98.7 cm³/mol. The Labute approximate surface area is 147 Å². The van der Waals surface area contributed by atoms with Gasteiger partial charge in [0, 0.05) is 44.1 Å². The van der Waals surface area contributed by atoms with Crippen LogP contribution in [0.1, 0.15) is 25.0 Å². The van der Waals surface area contributed by atoms with E-state index >= 15 is 0 Å². The first-order valence-electron chi connectivity index (χ1n) is 6.82. The summed E-state index contributed by atoms with van der Waals surface area (Å²) in [6.07, 6.45) is 6.18. The van der Waals surface area contributed by atoms with Gasteiger partial charge in [0.05, 0.1) is 6.54 Å². The molecule has 1 aromatic rings. The molecule has 1 heterocycles. The lowest BCUT2D eigenvalue weighted by Crippen LogP contribution is -2.41. The molecule has 0 spiro atoms. The number of aryl methyl sites for hydroxylation is 1. The van der Waals surface area contributed by atoms with E-state index < -0.39 is 0 Å². The van der Waals surface area contributed by atoms with Crippen LogP contribution in [-0.2, 0) is 13.6 Å². The molecule has 1 aliphatic carbocycles. The number of guanidine groups is 1. The maximum Gasteiger partial charge on any atom is 0.193 e. The monoisotopic (exact) mass is 454 g/mol. The molecule has 0 radical (unpaired) electrons. The van der Waals surface area contributed by atoms with E-state index in [4.69, 9.17) is 0 Å². The van der Waals surface area contributed by atoms with Gasteiger partial charge < -0.3 is 14.8 Å². The predicted octanol–water partition coefficient (Wildman–Crippen LogP) is 3.21. The molecule has 114 valence electrons. The highest BCUT2D eigenvalue weighted by Crippen LogP contribution is 2.25. The van der Waals surface area contributed by atoms with Crippen molar-refractivity contribution in [1.82, 2.24) is 14.8 Å². The molecule has 1 aliphatic rings. The first-order valence-corrected chi connectivity index (χ1v) is 7.62. The molecule has 1 saturated carbocycles. The number of hydrogen-bond acceptors (Lipinski definition) is 1. The van der Waals surface area contributed by atoms with Gasteiger partial charge in [-0.2, -0.15) is 0 Å². The van der Waals surface area contributed by atoms with Crippen molar-refractivity contribution < 1.29 is 0 Å². The maximum atomic E-state index is 4.36. The van der Waals surface area contributed by atoms with E-state index in [1.54, 1.807) is 0 Å². The smallest absolute Gasteiger partial charge is 0.193 e. The number of nitrogens with zero attached hydrogens (tertiary/aromatic N) is 3. The second-order valence-electron chi connectivity index (χ2n) is 5.34. The molecular weight excluding hydrogens is 431 g/mol. The Bertz CT molecular complexity index is 454. The third kappa shape index (κ3) is 4.65. The van der Waals surface area contributed by atoms with Gasteiger partial charge in [0.15, 0.2) is 5.96 Å². The normalized spacial score (nSPS) is 15.5. The molecule has 0 saturated heterocycles. The van der Waals surface area contributed by atoms with Gasteiger partial charge in [-0.05, 0) is 40.8 Å². The van der Waals surface area contributed by atoms with Gasteiger partial charge in [-0.25, -0.2) is 0 Å². The van der Waals surface area contributed by atoms with Gasteiger partial charge in [0.2, 0.25) is 0 Å². The van der Waals surface area contributed by atoms with Gasteiger partial charge in [-0.1, -0.05) is 6.42 Å². The second-order valence-corrected chi connectivity index (χ2v) is 6.26. The summed E-state index contributed by atoms with van der Waals surface area (Å²) in [6.45, 7) is 1.90. The minimum atomic E-state index is 0. The minimum Gasteiger partial charge on any atom is -0.356 e. The Kier molecular flexibility index (Phi) is 7.36. The molecule has 0 bridgehead atoms. The van der Waals surface area contributed by atoms with Crippen LogP contribution in [-0.4, -0.2) is 36.1 Å². The van der Waals surface area contributed by atoms with Crippen molar-refractivity contribution >= 4 is 45.9 Å². The van der Waals surface area contributed by atoms with Crippen molar-refractivity contribution in [2.24, 2.45) is 18.0 Å². The molecular formula is C14H24BrIN4. The summed E-state index contributed by atoms with van der Waals surface area (Å²) in [5.74, 6) is 1.82. The molecule has 1 aromatic heterocycles. The van der Waals surface area contributed by atoms with Crippen LogP contribution in [0.25, 0.3) is 0 Å². The van der Waals surface area contributed by atoms with Crippen LogP contribution in [0.4, 0.5) is 0 Å². The van der Waals surface area contributed by atoms with Gasteiger partial charge >= 0.3 is 0 Å². The van der Waals surface area contributed by atoms with Crippen LogP contribution >= 0.6 is 39.9 Å². The SMILES string of the molecule is CN=C(NCC1CCC1)N(C)Cc1cc(Br)cn1C.I. The van der Waals surface area contributed by atoms with Crippen molar-refractivity contribution in [3.05, 3.63) is 22.4 Å². The number of aliphatic imine (C=N–C) groups is 1. The average Bonchev–Trinajstić information content (AvgIpc) is 2.61. The van der Waals surface area contributed by atoms with Crippen molar-refractivity contribution in [2.75, 3.05) is 20.6 Å². The molecule has 0 aliphatic heterocycles. The van der Waals surface area contributed by atoms with Crippen LogP contribution in [0.2, 0.25) is 0 Å². The van der Waals surface area contributed by atoms with Gasteiger partial charge in [0.25, 0.3) is 0 Å². The van der Waals surface area contributed by atoms with Gasteiger partial charge in [0.1, 0.15) is 0 Å². The van der Waals surface area contributed by atoms with Gasteiger partial charge in [-0.3, -0.25) is 4.99 Å². The van der Waals surface area contributed by atoms with Crippen molar-refractivity contribution in [3.8, 4) is 0 Å². The highest BCUT2D eigenvalue weighted by atomic mass is 127. The maximum absolute atomic E-state index is 4.36. The fraction of sp³-hybridized carbons (Fsp3) is 0.643. The highest BCUT2D eigenvalue weighted by molar-refractivity contribution is 14.0.